The highest BCUT2D eigenvalue weighted by Gasteiger charge is 2.27. The zero-order valence-electron chi connectivity index (χ0n) is 12.1. The number of para-hydroxylation sites is 3. The summed E-state index contributed by atoms with van der Waals surface area (Å²) in [6, 6.07) is 13.7. The SMILES string of the molecule is CCOC(=O)c1c(N)n2c3c(cccc13)Nc1ccccc1-2. The third kappa shape index (κ3) is 1.56. The quantitative estimate of drug-likeness (QED) is 0.555. The summed E-state index contributed by atoms with van der Waals surface area (Å²) in [5.74, 6) is 0.0233. The maximum atomic E-state index is 12.3. The zero-order chi connectivity index (χ0) is 15.3. The van der Waals surface area contributed by atoms with Gasteiger partial charge in [-0.25, -0.2) is 4.79 Å². The molecule has 0 saturated carbocycles. The standard InChI is InChI=1S/C17H15N3O2/c1-2-22-17(21)14-10-6-5-8-12-15(10)20(16(14)18)13-9-4-3-7-11(13)19-12/h3-9,19H,2,18H2,1H3. The first-order valence-electron chi connectivity index (χ1n) is 7.18. The van der Waals surface area contributed by atoms with E-state index < -0.39 is 0 Å². The number of carbonyl (C=O) groups excluding carboxylic acids is 1. The molecule has 110 valence electrons. The van der Waals surface area contributed by atoms with Gasteiger partial charge in [0.1, 0.15) is 11.4 Å². The molecule has 0 aliphatic carbocycles. The summed E-state index contributed by atoms with van der Waals surface area (Å²) >= 11 is 0. The minimum Gasteiger partial charge on any atom is -0.462 e. The van der Waals surface area contributed by atoms with Crippen molar-refractivity contribution >= 4 is 34.1 Å². The van der Waals surface area contributed by atoms with Gasteiger partial charge in [0, 0.05) is 5.39 Å². The molecule has 2 heterocycles. The van der Waals surface area contributed by atoms with E-state index >= 15 is 0 Å². The molecule has 5 nitrogen and oxygen atoms in total. The lowest BCUT2D eigenvalue weighted by Gasteiger charge is -2.21. The second kappa shape index (κ2) is 4.53. The van der Waals surface area contributed by atoms with Gasteiger partial charge in [0.05, 0.1) is 29.2 Å². The molecule has 0 bridgehead atoms. The number of fused-ring (bicyclic) bond motifs is 2. The number of nitrogen functional groups attached to an aromatic ring is 1. The van der Waals surface area contributed by atoms with Crippen LogP contribution in [-0.4, -0.2) is 17.1 Å². The van der Waals surface area contributed by atoms with Gasteiger partial charge in [0.2, 0.25) is 0 Å². The molecule has 22 heavy (non-hydrogen) atoms. The summed E-state index contributed by atoms with van der Waals surface area (Å²) < 4.78 is 7.09. The average Bonchev–Trinajstić information content (AvgIpc) is 2.82. The van der Waals surface area contributed by atoms with Gasteiger partial charge in [-0.1, -0.05) is 24.3 Å². The third-order valence-corrected chi connectivity index (χ3v) is 3.92. The highest BCUT2D eigenvalue weighted by molar-refractivity contribution is 6.14. The molecule has 0 radical (unpaired) electrons. The van der Waals surface area contributed by atoms with Gasteiger partial charge in [-0.15, -0.1) is 0 Å². The van der Waals surface area contributed by atoms with Crippen LogP contribution in [0.15, 0.2) is 42.5 Å². The fraction of sp³-hybridized carbons (Fsp3) is 0.118. The number of nitrogens with zero attached hydrogens (tertiary/aromatic N) is 1. The number of ether oxygens (including phenoxy) is 1. The second-order valence-corrected chi connectivity index (χ2v) is 5.16. The van der Waals surface area contributed by atoms with E-state index in [1.165, 1.54) is 0 Å². The summed E-state index contributed by atoms with van der Waals surface area (Å²) in [4.78, 5) is 12.3. The number of benzene rings is 2. The molecular weight excluding hydrogens is 278 g/mol. The first kappa shape index (κ1) is 12.8. The molecule has 1 aromatic heterocycles. The fourth-order valence-corrected chi connectivity index (χ4v) is 3.04. The number of anilines is 3. The molecule has 0 spiro atoms. The number of carbonyl (C=O) groups is 1. The van der Waals surface area contributed by atoms with E-state index in [4.69, 9.17) is 10.5 Å². The van der Waals surface area contributed by atoms with Crippen molar-refractivity contribution in [2.24, 2.45) is 0 Å². The van der Waals surface area contributed by atoms with Crippen molar-refractivity contribution in [3.05, 3.63) is 48.0 Å². The lowest BCUT2D eigenvalue weighted by Crippen LogP contribution is -2.11. The number of hydrogen-bond donors (Lipinski definition) is 2. The smallest absolute Gasteiger partial charge is 0.342 e. The number of rotatable bonds is 2. The summed E-state index contributed by atoms with van der Waals surface area (Å²) in [6.07, 6.45) is 0. The highest BCUT2D eigenvalue weighted by Crippen LogP contribution is 2.42. The van der Waals surface area contributed by atoms with Gasteiger partial charge in [0.25, 0.3) is 0 Å². The lowest BCUT2D eigenvalue weighted by molar-refractivity contribution is 0.0530. The van der Waals surface area contributed by atoms with Gasteiger partial charge in [-0.2, -0.15) is 0 Å². The van der Waals surface area contributed by atoms with E-state index in [2.05, 4.69) is 5.32 Å². The Hall–Kier alpha value is -2.95. The monoisotopic (exact) mass is 293 g/mol. The average molecular weight is 293 g/mol. The van der Waals surface area contributed by atoms with Crippen LogP contribution in [0.4, 0.5) is 17.2 Å². The molecular formula is C17H15N3O2. The molecule has 0 fully saturated rings. The third-order valence-electron chi connectivity index (χ3n) is 3.92. The molecule has 4 rings (SSSR count). The van der Waals surface area contributed by atoms with Crippen LogP contribution >= 0.6 is 0 Å². The molecule has 0 unspecified atom stereocenters. The summed E-state index contributed by atoms with van der Waals surface area (Å²) in [5, 5.41) is 4.19. The maximum Gasteiger partial charge on any atom is 0.342 e. The molecule has 0 amide bonds. The van der Waals surface area contributed by atoms with Crippen molar-refractivity contribution < 1.29 is 9.53 Å². The number of nitrogens with two attached hydrogens (primary N) is 1. The van der Waals surface area contributed by atoms with E-state index in [1.807, 2.05) is 47.0 Å². The number of nitrogens with one attached hydrogen (secondary N) is 1. The Bertz CT molecular complexity index is 912. The maximum absolute atomic E-state index is 12.3. The summed E-state index contributed by atoms with van der Waals surface area (Å²) in [6.45, 7) is 2.10. The first-order chi connectivity index (χ1) is 10.7. The van der Waals surface area contributed by atoms with Gasteiger partial charge >= 0.3 is 5.97 Å². The molecule has 5 heteroatoms. The normalized spacial score (nSPS) is 11.9. The molecule has 1 aliphatic rings. The van der Waals surface area contributed by atoms with Crippen LogP contribution in [0.2, 0.25) is 0 Å². The largest absolute Gasteiger partial charge is 0.462 e. The van der Waals surface area contributed by atoms with Gasteiger partial charge in [-0.3, -0.25) is 4.57 Å². The zero-order valence-corrected chi connectivity index (χ0v) is 12.1. The minimum absolute atomic E-state index is 0.319. The Morgan fingerprint density at radius 1 is 1.18 bits per heavy atom. The predicted molar refractivity (Wildman–Crippen MR) is 86.9 cm³/mol. The Kier molecular flexibility index (Phi) is 2.63. The van der Waals surface area contributed by atoms with Gasteiger partial charge < -0.3 is 15.8 Å². The van der Waals surface area contributed by atoms with Crippen LogP contribution in [0.1, 0.15) is 17.3 Å². The van der Waals surface area contributed by atoms with Crippen molar-refractivity contribution in [2.75, 3.05) is 17.7 Å². The number of esters is 1. The lowest BCUT2D eigenvalue weighted by atomic mass is 10.1. The van der Waals surface area contributed by atoms with Crippen LogP contribution in [0.3, 0.4) is 0 Å². The Morgan fingerprint density at radius 2 is 1.95 bits per heavy atom. The van der Waals surface area contributed by atoms with Gasteiger partial charge in [0.15, 0.2) is 0 Å². The number of aromatic nitrogens is 1. The molecule has 0 saturated heterocycles. The van der Waals surface area contributed by atoms with Crippen LogP contribution in [0.25, 0.3) is 16.6 Å². The van der Waals surface area contributed by atoms with Crippen molar-refractivity contribution in [2.45, 2.75) is 6.92 Å². The van der Waals surface area contributed by atoms with Crippen molar-refractivity contribution in [1.29, 1.82) is 0 Å². The Balaban J connectivity index is 2.11. The molecule has 3 N–H and O–H groups in total. The second-order valence-electron chi connectivity index (χ2n) is 5.16. The van der Waals surface area contributed by atoms with E-state index in [0.717, 1.165) is 28.0 Å². The topological polar surface area (TPSA) is 69.3 Å². The van der Waals surface area contributed by atoms with E-state index in [9.17, 15) is 4.79 Å². The van der Waals surface area contributed by atoms with Crippen LogP contribution in [0.5, 0.6) is 0 Å². The van der Waals surface area contributed by atoms with Crippen molar-refractivity contribution in [3.63, 3.8) is 0 Å². The Labute approximate surface area is 127 Å². The fourth-order valence-electron chi connectivity index (χ4n) is 3.04. The molecule has 2 aromatic carbocycles. The van der Waals surface area contributed by atoms with Crippen LogP contribution in [-0.2, 0) is 4.74 Å². The minimum atomic E-state index is -0.389. The van der Waals surface area contributed by atoms with Crippen LogP contribution in [0, 0.1) is 0 Å². The molecule has 3 aromatic rings. The number of hydrogen-bond acceptors (Lipinski definition) is 4. The first-order valence-corrected chi connectivity index (χ1v) is 7.18. The molecule has 1 aliphatic heterocycles. The van der Waals surface area contributed by atoms with E-state index in [-0.39, 0.29) is 5.97 Å². The summed E-state index contributed by atoms with van der Waals surface area (Å²) in [5.41, 5.74) is 10.5. The predicted octanol–water partition coefficient (Wildman–Crippen LogP) is 3.45. The van der Waals surface area contributed by atoms with Gasteiger partial charge in [-0.05, 0) is 25.1 Å². The van der Waals surface area contributed by atoms with Crippen molar-refractivity contribution in [3.8, 4) is 5.69 Å². The highest BCUT2D eigenvalue weighted by atomic mass is 16.5. The van der Waals surface area contributed by atoms with E-state index in [0.29, 0.717) is 18.0 Å². The van der Waals surface area contributed by atoms with Crippen LogP contribution < -0.4 is 11.1 Å². The van der Waals surface area contributed by atoms with Crippen molar-refractivity contribution in [1.82, 2.24) is 4.57 Å². The molecule has 0 atom stereocenters. The summed E-state index contributed by atoms with van der Waals surface area (Å²) in [7, 11) is 0. The Morgan fingerprint density at radius 3 is 2.77 bits per heavy atom. The van der Waals surface area contributed by atoms with E-state index in [1.54, 1.807) is 6.92 Å².